The molecule has 1 fully saturated rings. The van der Waals surface area contributed by atoms with Crippen LogP contribution in [-0.2, 0) is 21.2 Å². The van der Waals surface area contributed by atoms with E-state index in [-0.39, 0.29) is 24.7 Å². The number of hydrogen-bond donors (Lipinski definition) is 3. The molecule has 0 saturated carbocycles. The van der Waals surface area contributed by atoms with Gasteiger partial charge in [0.1, 0.15) is 5.75 Å². The molecule has 1 unspecified atom stereocenters. The average Bonchev–Trinajstić information content (AvgIpc) is 3.25. The van der Waals surface area contributed by atoms with Gasteiger partial charge in [-0.2, -0.15) is 0 Å². The summed E-state index contributed by atoms with van der Waals surface area (Å²) < 4.78 is 31.5. The summed E-state index contributed by atoms with van der Waals surface area (Å²) in [6.07, 6.45) is 3.51. The third-order valence-electron chi connectivity index (χ3n) is 6.53. The number of anilines is 2. The van der Waals surface area contributed by atoms with Crippen LogP contribution < -0.4 is 14.8 Å². The summed E-state index contributed by atoms with van der Waals surface area (Å²) in [5, 5.41) is 13.3. The molecular weight excluding hydrogens is 468 g/mol. The zero-order chi connectivity index (χ0) is 25.0. The number of likely N-dealkylation sites (tertiary alicyclic amines) is 1. The number of rotatable bonds is 9. The molecule has 3 N–H and O–H groups in total. The molecule has 2 atom stereocenters. The second-order valence-corrected chi connectivity index (χ2v) is 11.1. The summed E-state index contributed by atoms with van der Waals surface area (Å²) in [7, 11) is -1.62. The summed E-state index contributed by atoms with van der Waals surface area (Å²) in [6.45, 7) is 2.66. The smallest absolute Gasteiger partial charge is 0.260 e. The third kappa shape index (κ3) is 6.65. The molecule has 0 aromatic heterocycles. The number of aliphatic hydroxyl groups excluding tert-OH is 1. The zero-order valence-electron chi connectivity index (χ0n) is 20.2. The summed E-state index contributed by atoms with van der Waals surface area (Å²) >= 11 is 0. The van der Waals surface area contributed by atoms with E-state index in [2.05, 4.69) is 21.0 Å². The van der Waals surface area contributed by atoms with Crippen LogP contribution in [0.15, 0.2) is 42.5 Å². The van der Waals surface area contributed by atoms with Crippen LogP contribution in [0.1, 0.15) is 30.0 Å². The monoisotopic (exact) mass is 502 g/mol. The number of ether oxygens (including phenoxy) is 1. The van der Waals surface area contributed by atoms with E-state index >= 15 is 0 Å². The highest BCUT2D eigenvalue weighted by molar-refractivity contribution is 7.92. The molecule has 2 aromatic carbocycles. The molecule has 0 aliphatic carbocycles. The van der Waals surface area contributed by atoms with Gasteiger partial charge >= 0.3 is 0 Å². The van der Waals surface area contributed by atoms with E-state index < -0.39 is 10.0 Å². The number of nitrogens with one attached hydrogen (secondary N) is 2. The van der Waals surface area contributed by atoms with Crippen molar-refractivity contribution >= 4 is 27.3 Å². The van der Waals surface area contributed by atoms with Gasteiger partial charge < -0.3 is 20.1 Å². The van der Waals surface area contributed by atoms with Crippen molar-refractivity contribution in [2.24, 2.45) is 0 Å². The molecule has 1 amide bonds. The lowest BCUT2D eigenvalue weighted by atomic mass is 10.0. The quantitative estimate of drug-likeness (QED) is 0.481. The minimum Gasteiger partial charge on any atom is -0.482 e. The van der Waals surface area contributed by atoms with Crippen LogP contribution in [0.4, 0.5) is 11.4 Å². The Bertz CT molecular complexity index is 1140. The number of nitrogens with zero attached hydrogens (tertiary/aromatic N) is 2. The van der Waals surface area contributed by atoms with Crippen molar-refractivity contribution in [2.75, 3.05) is 56.1 Å². The van der Waals surface area contributed by atoms with E-state index in [1.54, 1.807) is 24.1 Å². The molecule has 10 heteroatoms. The third-order valence-corrected chi connectivity index (χ3v) is 7.13. The molecular formula is C25H34N4O5S. The molecule has 0 radical (unpaired) electrons. The first-order valence-electron chi connectivity index (χ1n) is 11.9. The van der Waals surface area contributed by atoms with Crippen molar-refractivity contribution in [3.8, 4) is 5.75 Å². The molecule has 0 bridgehead atoms. The highest BCUT2D eigenvalue weighted by Gasteiger charge is 2.28. The van der Waals surface area contributed by atoms with Crippen LogP contribution in [-0.4, -0.2) is 81.4 Å². The van der Waals surface area contributed by atoms with Gasteiger partial charge in [-0.15, -0.1) is 0 Å². The number of amides is 1. The molecule has 2 aliphatic rings. The number of benzene rings is 2. The molecule has 4 rings (SSSR count). The number of aliphatic hydroxyl groups is 1. The first kappa shape index (κ1) is 25.3. The number of likely N-dealkylation sites (N-methyl/N-ethyl adjacent to an activating group) is 1. The predicted octanol–water partition coefficient (Wildman–Crippen LogP) is 2.06. The molecule has 0 spiro atoms. The molecule has 2 aromatic rings. The van der Waals surface area contributed by atoms with Gasteiger partial charge in [0.05, 0.1) is 24.1 Å². The van der Waals surface area contributed by atoms with Crippen LogP contribution in [0.25, 0.3) is 0 Å². The van der Waals surface area contributed by atoms with Gasteiger partial charge in [0.2, 0.25) is 10.0 Å². The van der Waals surface area contributed by atoms with Gasteiger partial charge in [-0.25, -0.2) is 8.42 Å². The molecule has 190 valence electrons. The first-order chi connectivity index (χ1) is 16.7. The maximum Gasteiger partial charge on any atom is 0.260 e. The molecule has 9 nitrogen and oxygen atoms in total. The number of para-hydroxylation sites is 1. The zero-order valence-corrected chi connectivity index (χ0v) is 21.1. The van der Waals surface area contributed by atoms with Gasteiger partial charge in [-0.1, -0.05) is 24.3 Å². The van der Waals surface area contributed by atoms with Crippen molar-refractivity contribution in [1.82, 2.24) is 9.80 Å². The van der Waals surface area contributed by atoms with Crippen molar-refractivity contribution in [3.05, 3.63) is 53.6 Å². The predicted molar refractivity (Wildman–Crippen MR) is 136 cm³/mol. The fourth-order valence-corrected chi connectivity index (χ4v) is 5.24. The number of hydrogen-bond acceptors (Lipinski definition) is 7. The Morgan fingerprint density at radius 3 is 2.74 bits per heavy atom. The standard InChI is InChI=1S/C25H34N4O5S/c1-28(24(31)17-34-23-7-3-5-19-6-4-13-26-25(19)23)22(16-29-14-12-21(30)15-29)18-8-10-20(11-9-18)27-35(2,32)33/h3,5,7-11,21-22,26-27,30H,4,6,12-17H2,1-2H3/t21-,22?/m0/s1. The maximum atomic E-state index is 13.2. The Kier molecular flexibility index (Phi) is 7.83. The number of aryl methyl sites for hydroxylation is 1. The van der Waals surface area contributed by atoms with Crippen LogP contribution in [0.2, 0.25) is 0 Å². The normalized spacial score (nSPS) is 18.9. The van der Waals surface area contributed by atoms with Gasteiger partial charge in [0, 0.05) is 38.9 Å². The highest BCUT2D eigenvalue weighted by Crippen LogP contribution is 2.32. The van der Waals surface area contributed by atoms with Crippen LogP contribution in [0.3, 0.4) is 0 Å². The lowest BCUT2D eigenvalue weighted by Crippen LogP contribution is -2.41. The van der Waals surface area contributed by atoms with Crippen molar-refractivity contribution < 1.29 is 23.1 Å². The van der Waals surface area contributed by atoms with E-state index in [1.807, 2.05) is 24.3 Å². The topological polar surface area (TPSA) is 111 Å². The fraction of sp³-hybridized carbons (Fsp3) is 0.480. The van der Waals surface area contributed by atoms with Gasteiger partial charge in [-0.05, 0) is 48.6 Å². The van der Waals surface area contributed by atoms with Gasteiger partial charge in [0.15, 0.2) is 6.61 Å². The minimum absolute atomic E-state index is 0.0958. The minimum atomic E-state index is -3.38. The fourth-order valence-electron chi connectivity index (χ4n) is 4.67. The summed E-state index contributed by atoms with van der Waals surface area (Å²) in [4.78, 5) is 17.0. The maximum absolute atomic E-state index is 13.2. The summed E-state index contributed by atoms with van der Waals surface area (Å²) in [5.41, 5.74) is 3.50. The lowest BCUT2D eigenvalue weighted by Gasteiger charge is -2.32. The van der Waals surface area contributed by atoms with Gasteiger partial charge in [0.25, 0.3) is 5.91 Å². The summed E-state index contributed by atoms with van der Waals surface area (Å²) in [6, 6.07) is 12.7. The molecule has 2 aliphatic heterocycles. The van der Waals surface area contributed by atoms with Crippen molar-refractivity contribution in [3.63, 3.8) is 0 Å². The Hall–Kier alpha value is -2.82. The van der Waals surface area contributed by atoms with E-state index in [4.69, 9.17) is 4.74 Å². The Balaban J connectivity index is 1.48. The number of sulfonamides is 1. The van der Waals surface area contributed by atoms with Crippen molar-refractivity contribution in [1.29, 1.82) is 0 Å². The number of carbonyl (C=O) groups excluding carboxylic acids is 1. The van der Waals surface area contributed by atoms with Crippen LogP contribution in [0, 0.1) is 0 Å². The average molecular weight is 503 g/mol. The number of carbonyl (C=O) groups is 1. The Morgan fingerprint density at radius 1 is 1.29 bits per heavy atom. The van der Waals surface area contributed by atoms with Crippen LogP contribution >= 0.6 is 0 Å². The Labute approximate surface area is 207 Å². The van der Waals surface area contributed by atoms with E-state index in [9.17, 15) is 18.3 Å². The van der Waals surface area contributed by atoms with E-state index in [0.29, 0.717) is 30.9 Å². The molecule has 1 saturated heterocycles. The molecule has 2 heterocycles. The van der Waals surface area contributed by atoms with Crippen LogP contribution in [0.5, 0.6) is 5.75 Å². The van der Waals surface area contributed by atoms with Gasteiger partial charge in [-0.3, -0.25) is 14.4 Å². The number of fused-ring (bicyclic) bond motifs is 1. The second kappa shape index (κ2) is 10.8. The lowest BCUT2D eigenvalue weighted by molar-refractivity contribution is -0.134. The second-order valence-electron chi connectivity index (χ2n) is 9.33. The largest absolute Gasteiger partial charge is 0.482 e. The first-order valence-corrected chi connectivity index (χ1v) is 13.8. The van der Waals surface area contributed by atoms with E-state index in [1.165, 1.54) is 5.56 Å². The van der Waals surface area contributed by atoms with E-state index in [0.717, 1.165) is 43.4 Å². The molecule has 35 heavy (non-hydrogen) atoms. The highest BCUT2D eigenvalue weighted by atomic mass is 32.2. The number of β-amino-alcohol motifs (C(OH)–C–C–N with tert-alkyl or cyclic N) is 1. The Morgan fingerprint density at radius 2 is 2.06 bits per heavy atom. The SMILES string of the molecule is CN(C(=O)COc1cccc2c1NCCC2)C(CN1CC[C@H](O)C1)c1ccc(NS(C)(=O)=O)cc1. The van der Waals surface area contributed by atoms with Crippen molar-refractivity contribution in [2.45, 2.75) is 31.4 Å². The summed E-state index contributed by atoms with van der Waals surface area (Å²) in [5.74, 6) is 0.515.